The summed E-state index contributed by atoms with van der Waals surface area (Å²) in [6, 6.07) is 2.08. The molecule has 2 aliphatic rings. The molecule has 1 aromatic heterocycles. The average Bonchev–Trinajstić information content (AvgIpc) is 2.86. The summed E-state index contributed by atoms with van der Waals surface area (Å²) in [5.74, 6) is 1.52. The van der Waals surface area contributed by atoms with Gasteiger partial charge in [-0.3, -0.25) is 0 Å². The molecule has 5 heteroatoms. The van der Waals surface area contributed by atoms with Crippen molar-refractivity contribution in [1.82, 2.24) is 5.32 Å². The summed E-state index contributed by atoms with van der Waals surface area (Å²) < 4.78 is 0. The van der Waals surface area contributed by atoms with Gasteiger partial charge in [-0.25, -0.2) is 9.98 Å². The zero-order valence-corrected chi connectivity index (χ0v) is 8.84. The van der Waals surface area contributed by atoms with E-state index in [-0.39, 0.29) is 0 Å². The van der Waals surface area contributed by atoms with E-state index in [2.05, 4.69) is 32.1 Å². The zero-order valence-electron chi connectivity index (χ0n) is 8.03. The minimum absolute atomic E-state index is 0.533. The van der Waals surface area contributed by atoms with Gasteiger partial charge in [0, 0.05) is 17.6 Å². The SMILES string of the molecule is NC1=NCNC2=C1CC(c1ccsc1)=N2. The van der Waals surface area contributed by atoms with E-state index in [0.717, 1.165) is 23.5 Å². The molecule has 0 radical (unpaired) electrons. The number of nitrogens with one attached hydrogen (secondary N) is 1. The van der Waals surface area contributed by atoms with Gasteiger partial charge in [-0.2, -0.15) is 11.3 Å². The van der Waals surface area contributed by atoms with E-state index in [1.807, 2.05) is 0 Å². The number of hydrogen-bond acceptors (Lipinski definition) is 5. The third-order valence-electron chi connectivity index (χ3n) is 2.54. The molecule has 0 fully saturated rings. The maximum absolute atomic E-state index is 5.82. The Bertz CT molecular complexity index is 482. The van der Waals surface area contributed by atoms with Crippen molar-refractivity contribution in [2.24, 2.45) is 15.7 Å². The van der Waals surface area contributed by atoms with Crippen molar-refractivity contribution >= 4 is 22.9 Å². The lowest BCUT2D eigenvalue weighted by atomic mass is 10.1. The van der Waals surface area contributed by atoms with E-state index < -0.39 is 0 Å². The first-order valence-corrected chi connectivity index (χ1v) is 5.66. The molecule has 0 saturated carbocycles. The van der Waals surface area contributed by atoms with E-state index in [1.54, 1.807) is 11.3 Å². The van der Waals surface area contributed by atoms with Gasteiger partial charge in [0.1, 0.15) is 18.3 Å². The Morgan fingerprint density at radius 3 is 3.13 bits per heavy atom. The Morgan fingerprint density at radius 2 is 2.40 bits per heavy atom. The minimum atomic E-state index is 0.533. The molecule has 0 aliphatic carbocycles. The smallest absolute Gasteiger partial charge is 0.135 e. The molecule has 0 unspecified atom stereocenters. The molecule has 0 spiro atoms. The van der Waals surface area contributed by atoms with Gasteiger partial charge < -0.3 is 11.1 Å². The molecule has 3 N–H and O–H groups in total. The van der Waals surface area contributed by atoms with Crippen molar-refractivity contribution in [1.29, 1.82) is 0 Å². The van der Waals surface area contributed by atoms with Gasteiger partial charge >= 0.3 is 0 Å². The fraction of sp³-hybridized carbons (Fsp3) is 0.200. The van der Waals surface area contributed by atoms with Crippen LogP contribution in [0.25, 0.3) is 0 Å². The molecule has 4 nitrogen and oxygen atoms in total. The van der Waals surface area contributed by atoms with Crippen LogP contribution >= 0.6 is 11.3 Å². The number of hydrogen-bond donors (Lipinski definition) is 2. The van der Waals surface area contributed by atoms with Crippen LogP contribution in [0.1, 0.15) is 12.0 Å². The van der Waals surface area contributed by atoms with Crippen LogP contribution in [0.15, 0.2) is 38.2 Å². The van der Waals surface area contributed by atoms with Gasteiger partial charge in [0.25, 0.3) is 0 Å². The number of nitrogens with two attached hydrogens (primary N) is 1. The summed E-state index contributed by atoms with van der Waals surface area (Å²) >= 11 is 1.68. The molecule has 0 amide bonds. The lowest BCUT2D eigenvalue weighted by Gasteiger charge is -2.11. The normalized spacial score (nSPS) is 19.5. The first kappa shape index (κ1) is 8.67. The highest BCUT2D eigenvalue weighted by atomic mass is 32.1. The van der Waals surface area contributed by atoms with Crippen molar-refractivity contribution < 1.29 is 0 Å². The molecular weight excluding hydrogens is 208 g/mol. The highest BCUT2D eigenvalue weighted by Crippen LogP contribution is 2.24. The van der Waals surface area contributed by atoms with E-state index >= 15 is 0 Å². The molecular formula is C10H10N4S. The monoisotopic (exact) mass is 218 g/mol. The second kappa shape index (κ2) is 3.20. The van der Waals surface area contributed by atoms with Gasteiger partial charge in [-0.1, -0.05) is 0 Å². The van der Waals surface area contributed by atoms with E-state index in [9.17, 15) is 0 Å². The summed E-state index contributed by atoms with van der Waals surface area (Å²) in [6.45, 7) is 0.533. The van der Waals surface area contributed by atoms with Crippen LogP contribution in [0.4, 0.5) is 0 Å². The number of rotatable bonds is 1. The van der Waals surface area contributed by atoms with E-state index in [0.29, 0.717) is 12.5 Å². The maximum atomic E-state index is 5.82. The zero-order chi connectivity index (χ0) is 10.3. The highest BCUT2D eigenvalue weighted by molar-refractivity contribution is 7.08. The van der Waals surface area contributed by atoms with Crippen molar-refractivity contribution in [3.63, 3.8) is 0 Å². The molecule has 15 heavy (non-hydrogen) atoms. The fourth-order valence-electron chi connectivity index (χ4n) is 1.74. The number of nitrogens with zero attached hydrogens (tertiary/aromatic N) is 2. The Morgan fingerprint density at radius 1 is 1.47 bits per heavy atom. The molecule has 2 aliphatic heterocycles. The molecule has 0 bridgehead atoms. The second-order valence-electron chi connectivity index (χ2n) is 3.45. The van der Waals surface area contributed by atoms with Crippen LogP contribution in [0, 0.1) is 0 Å². The van der Waals surface area contributed by atoms with Crippen molar-refractivity contribution in [3.8, 4) is 0 Å². The Hall–Kier alpha value is -1.62. The van der Waals surface area contributed by atoms with Gasteiger partial charge in [0.05, 0.1) is 5.71 Å². The quantitative estimate of drug-likeness (QED) is 0.740. The summed E-state index contributed by atoms with van der Waals surface area (Å²) in [5, 5.41) is 7.29. The third-order valence-corrected chi connectivity index (χ3v) is 3.22. The van der Waals surface area contributed by atoms with Crippen LogP contribution in [0.5, 0.6) is 0 Å². The topological polar surface area (TPSA) is 62.8 Å². The first-order chi connectivity index (χ1) is 7.34. The fourth-order valence-corrected chi connectivity index (χ4v) is 2.41. The summed E-state index contributed by atoms with van der Waals surface area (Å²) in [5.41, 5.74) is 9.11. The van der Waals surface area contributed by atoms with Crippen LogP contribution < -0.4 is 11.1 Å². The second-order valence-corrected chi connectivity index (χ2v) is 4.23. The van der Waals surface area contributed by atoms with Crippen LogP contribution in [-0.4, -0.2) is 18.2 Å². The van der Waals surface area contributed by atoms with Crippen LogP contribution in [0.2, 0.25) is 0 Å². The van der Waals surface area contributed by atoms with Crippen molar-refractivity contribution in [2.45, 2.75) is 6.42 Å². The Balaban J connectivity index is 1.94. The standard InChI is InChI=1S/C10H10N4S/c11-9-7-3-8(6-1-2-15-4-6)14-10(7)13-5-12-9/h1-2,4,13H,3,5H2,(H2,11,12). The van der Waals surface area contributed by atoms with Gasteiger partial charge in [0.15, 0.2) is 0 Å². The highest BCUT2D eigenvalue weighted by Gasteiger charge is 2.23. The van der Waals surface area contributed by atoms with Crippen molar-refractivity contribution in [2.75, 3.05) is 6.67 Å². The van der Waals surface area contributed by atoms with Crippen LogP contribution in [0.3, 0.4) is 0 Å². The lowest BCUT2D eigenvalue weighted by Crippen LogP contribution is -2.27. The summed E-state index contributed by atoms with van der Waals surface area (Å²) in [6.07, 6.45) is 0.786. The predicted molar refractivity (Wildman–Crippen MR) is 62.1 cm³/mol. The van der Waals surface area contributed by atoms with E-state index in [1.165, 1.54) is 5.56 Å². The molecule has 0 atom stereocenters. The van der Waals surface area contributed by atoms with Gasteiger partial charge in [-0.15, -0.1) is 0 Å². The average molecular weight is 218 g/mol. The van der Waals surface area contributed by atoms with Crippen molar-refractivity contribution in [3.05, 3.63) is 33.8 Å². The number of amidine groups is 1. The number of thiophene rings is 1. The molecule has 76 valence electrons. The molecule has 1 aromatic rings. The lowest BCUT2D eigenvalue weighted by molar-refractivity contribution is 0.796. The molecule has 3 rings (SSSR count). The van der Waals surface area contributed by atoms with Gasteiger partial charge in [-0.05, 0) is 16.8 Å². The summed E-state index contributed by atoms with van der Waals surface area (Å²) in [4.78, 5) is 8.68. The van der Waals surface area contributed by atoms with Crippen LogP contribution in [-0.2, 0) is 0 Å². The first-order valence-electron chi connectivity index (χ1n) is 4.72. The Labute approximate surface area is 91.2 Å². The third kappa shape index (κ3) is 1.35. The Kier molecular flexibility index (Phi) is 1.85. The minimum Gasteiger partial charge on any atom is -0.384 e. The molecule has 3 heterocycles. The van der Waals surface area contributed by atoms with E-state index in [4.69, 9.17) is 5.73 Å². The number of aliphatic imine (C=N–C) groups is 2. The molecule has 0 saturated heterocycles. The predicted octanol–water partition coefficient (Wildman–Crippen LogP) is 1.07. The molecule has 0 aromatic carbocycles. The van der Waals surface area contributed by atoms with Gasteiger partial charge in [0.2, 0.25) is 0 Å². The largest absolute Gasteiger partial charge is 0.384 e. The maximum Gasteiger partial charge on any atom is 0.135 e. The summed E-state index contributed by atoms with van der Waals surface area (Å²) in [7, 11) is 0.